The van der Waals surface area contributed by atoms with Crippen molar-refractivity contribution in [3.8, 4) is 5.75 Å². The first kappa shape index (κ1) is 24.3. The minimum Gasteiger partial charge on any atom is -0.487 e. The molecule has 35 heavy (non-hydrogen) atoms. The zero-order chi connectivity index (χ0) is 24.7. The number of nitrogens with zero attached hydrogens (tertiary/aromatic N) is 3. The summed E-state index contributed by atoms with van der Waals surface area (Å²) in [5, 5.41) is 0. The van der Waals surface area contributed by atoms with Gasteiger partial charge in [-0.05, 0) is 55.2 Å². The van der Waals surface area contributed by atoms with Crippen LogP contribution in [-0.4, -0.2) is 14.5 Å². The van der Waals surface area contributed by atoms with Gasteiger partial charge in [0.15, 0.2) is 0 Å². The van der Waals surface area contributed by atoms with Gasteiger partial charge in [-0.15, -0.1) is 0 Å². The number of rotatable bonds is 10. The highest BCUT2D eigenvalue weighted by atomic mass is 19.4. The lowest BCUT2D eigenvalue weighted by Gasteiger charge is -2.07. The average molecular weight is 485 g/mol. The summed E-state index contributed by atoms with van der Waals surface area (Å²) in [7, 11) is 0. The molecule has 0 amide bonds. The van der Waals surface area contributed by atoms with Crippen LogP contribution in [0.3, 0.4) is 0 Å². The summed E-state index contributed by atoms with van der Waals surface area (Å²) in [6, 6.07) is 10.2. The van der Waals surface area contributed by atoms with Crippen LogP contribution < -0.4 is 4.74 Å². The summed E-state index contributed by atoms with van der Waals surface area (Å²) in [6.45, 7) is 1.13. The van der Waals surface area contributed by atoms with E-state index in [2.05, 4.69) is 14.5 Å². The molecule has 0 fully saturated rings. The van der Waals surface area contributed by atoms with Crippen molar-refractivity contribution >= 4 is 12.2 Å². The number of halogens is 4. The monoisotopic (exact) mass is 485 g/mol. The van der Waals surface area contributed by atoms with E-state index in [4.69, 9.17) is 9.15 Å². The first-order valence-corrected chi connectivity index (χ1v) is 11.0. The maximum atomic E-state index is 13.9. The quantitative estimate of drug-likeness (QED) is 0.183. The van der Waals surface area contributed by atoms with Crippen LogP contribution in [0.1, 0.15) is 41.1 Å². The number of aryl methyl sites for hydroxylation is 2. The van der Waals surface area contributed by atoms with Crippen molar-refractivity contribution in [3.05, 3.63) is 102 Å². The third kappa shape index (κ3) is 7.05. The topological polar surface area (TPSA) is 53.1 Å². The number of hydrogen-bond acceptors (Lipinski definition) is 4. The molecule has 2 aromatic heterocycles. The molecule has 2 aromatic carbocycles. The first-order valence-electron chi connectivity index (χ1n) is 11.0. The lowest BCUT2D eigenvalue weighted by molar-refractivity contribution is -0.137. The summed E-state index contributed by atoms with van der Waals surface area (Å²) in [5.74, 6) is -0.0964. The van der Waals surface area contributed by atoms with Gasteiger partial charge in [-0.1, -0.05) is 18.2 Å². The third-order valence-electron chi connectivity index (χ3n) is 5.30. The van der Waals surface area contributed by atoms with Gasteiger partial charge in [0, 0.05) is 30.6 Å². The summed E-state index contributed by atoms with van der Waals surface area (Å²) in [4.78, 5) is 8.26. The molecule has 0 aliphatic heterocycles. The Kier molecular flexibility index (Phi) is 7.64. The van der Waals surface area contributed by atoms with E-state index in [0.29, 0.717) is 17.5 Å². The van der Waals surface area contributed by atoms with Crippen molar-refractivity contribution < 1.29 is 26.7 Å². The van der Waals surface area contributed by atoms with E-state index in [1.165, 1.54) is 24.0 Å². The molecule has 182 valence electrons. The smallest absolute Gasteiger partial charge is 0.416 e. The molecular weight excluding hydrogens is 462 g/mol. The molecule has 0 unspecified atom stereocenters. The van der Waals surface area contributed by atoms with Crippen LogP contribution >= 0.6 is 0 Å². The van der Waals surface area contributed by atoms with E-state index in [0.717, 1.165) is 37.9 Å². The second-order valence-electron chi connectivity index (χ2n) is 7.93. The molecule has 0 atom stereocenters. The summed E-state index contributed by atoms with van der Waals surface area (Å²) < 4.78 is 65.0. The van der Waals surface area contributed by atoms with E-state index in [-0.39, 0.29) is 18.1 Å². The van der Waals surface area contributed by atoms with E-state index in [1.54, 1.807) is 6.20 Å². The number of imidazole rings is 1. The summed E-state index contributed by atoms with van der Waals surface area (Å²) >= 11 is 0. The van der Waals surface area contributed by atoms with Crippen molar-refractivity contribution in [2.24, 2.45) is 0 Å². The normalized spacial score (nSPS) is 11.9. The molecule has 4 aromatic rings. The number of benzene rings is 2. The maximum absolute atomic E-state index is 13.9. The first-order chi connectivity index (χ1) is 16.9. The second-order valence-corrected chi connectivity index (χ2v) is 7.93. The molecule has 4 rings (SSSR count). The van der Waals surface area contributed by atoms with Gasteiger partial charge in [0.1, 0.15) is 30.1 Å². The van der Waals surface area contributed by atoms with Crippen molar-refractivity contribution in [3.63, 3.8) is 0 Å². The van der Waals surface area contributed by atoms with Crippen molar-refractivity contribution in [1.29, 1.82) is 0 Å². The molecule has 2 heterocycles. The molecule has 0 N–H and O–H groups in total. The average Bonchev–Trinajstić information content (AvgIpc) is 3.52. The number of oxazole rings is 1. The molecule has 0 saturated carbocycles. The Hall–Kier alpha value is -3.88. The van der Waals surface area contributed by atoms with Crippen LogP contribution in [0.2, 0.25) is 0 Å². The molecule has 0 aliphatic carbocycles. The fraction of sp³-hybridized carbons (Fsp3) is 0.231. The lowest BCUT2D eigenvalue weighted by Crippen LogP contribution is -2.05. The number of alkyl halides is 3. The number of unbranched alkanes of at least 4 members (excludes halogenated alkanes) is 1. The molecule has 5 nitrogen and oxygen atoms in total. The Morgan fingerprint density at radius 2 is 1.86 bits per heavy atom. The molecular formula is C26H23F4N3O2. The predicted molar refractivity (Wildman–Crippen MR) is 123 cm³/mol. The van der Waals surface area contributed by atoms with Crippen LogP contribution in [0.15, 0.2) is 71.9 Å². The standard InChI is InChI=1S/C26H23F4N3O2/c27-24-15-21(26(28,29)30)8-6-20(24)7-11-25-32-22(17-35-25)16-34-23-9-4-19(5-10-23)3-1-2-13-33-14-12-31-18-33/h4-12,14-15,17-18H,1-3,13,16H2/b11-7+. The zero-order valence-corrected chi connectivity index (χ0v) is 18.7. The number of ether oxygens (including phenoxy) is 1. The fourth-order valence-corrected chi connectivity index (χ4v) is 3.42. The Morgan fingerprint density at radius 3 is 2.57 bits per heavy atom. The largest absolute Gasteiger partial charge is 0.487 e. The van der Waals surface area contributed by atoms with E-state index in [9.17, 15) is 17.6 Å². The highest BCUT2D eigenvalue weighted by molar-refractivity contribution is 5.66. The van der Waals surface area contributed by atoms with Crippen LogP contribution in [0.5, 0.6) is 5.75 Å². The fourth-order valence-electron chi connectivity index (χ4n) is 3.42. The van der Waals surface area contributed by atoms with Crippen molar-refractivity contribution in [1.82, 2.24) is 14.5 Å². The second kappa shape index (κ2) is 11.0. The molecule has 9 heteroatoms. The Morgan fingerprint density at radius 1 is 1.03 bits per heavy atom. The predicted octanol–water partition coefficient (Wildman–Crippen LogP) is 6.80. The highest BCUT2D eigenvalue weighted by Crippen LogP contribution is 2.30. The van der Waals surface area contributed by atoms with Gasteiger partial charge in [0.2, 0.25) is 5.89 Å². The molecule has 0 saturated heterocycles. The third-order valence-corrected chi connectivity index (χ3v) is 5.30. The van der Waals surface area contributed by atoms with Crippen LogP contribution in [0.25, 0.3) is 12.2 Å². The SMILES string of the molecule is Fc1cc(C(F)(F)F)ccc1/C=C/c1nc(COc2ccc(CCCCn3ccnc3)cc2)co1. The Labute approximate surface area is 199 Å². The van der Waals surface area contributed by atoms with Gasteiger partial charge in [0.25, 0.3) is 0 Å². The van der Waals surface area contributed by atoms with Crippen molar-refractivity contribution in [2.75, 3.05) is 0 Å². The lowest BCUT2D eigenvalue weighted by atomic mass is 10.1. The number of hydrogen-bond donors (Lipinski definition) is 0. The summed E-state index contributed by atoms with van der Waals surface area (Å²) in [5.41, 5.74) is 0.714. The van der Waals surface area contributed by atoms with Gasteiger partial charge < -0.3 is 13.7 Å². The van der Waals surface area contributed by atoms with Gasteiger partial charge in [-0.3, -0.25) is 0 Å². The van der Waals surface area contributed by atoms with E-state index in [1.807, 2.05) is 36.8 Å². The summed E-state index contributed by atoms with van der Waals surface area (Å²) in [6.07, 6.45) is 8.19. The van der Waals surface area contributed by atoms with Gasteiger partial charge in [-0.25, -0.2) is 14.4 Å². The molecule has 0 aliphatic rings. The minimum absolute atomic E-state index is 0.00387. The zero-order valence-electron chi connectivity index (χ0n) is 18.7. The Balaban J connectivity index is 1.24. The number of aromatic nitrogens is 3. The van der Waals surface area contributed by atoms with E-state index < -0.39 is 17.6 Å². The van der Waals surface area contributed by atoms with Crippen LogP contribution in [0, 0.1) is 5.82 Å². The maximum Gasteiger partial charge on any atom is 0.416 e. The minimum atomic E-state index is -4.60. The highest BCUT2D eigenvalue weighted by Gasteiger charge is 2.30. The van der Waals surface area contributed by atoms with Gasteiger partial charge in [-0.2, -0.15) is 13.2 Å². The molecule has 0 bridgehead atoms. The molecule has 0 spiro atoms. The van der Waals surface area contributed by atoms with E-state index >= 15 is 0 Å². The van der Waals surface area contributed by atoms with Crippen molar-refractivity contribution in [2.45, 2.75) is 38.6 Å². The van der Waals surface area contributed by atoms with Gasteiger partial charge in [0.05, 0.1) is 11.9 Å². The Bertz CT molecular complexity index is 1250. The van der Waals surface area contributed by atoms with Crippen LogP contribution in [0.4, 0.5) is 17.6 Å². The van der Waals surface area contributed by atoms with Gasteiger partial charge >= 0.3 is 6.18 Å². The molecule has 0 radical (unpaired) electrons. The van der Waals surface area contributed by atoms with Crippen LogP contribution in [-0.2, 0) is 25.7 Å².